The Morgan fingerprint density at radius 2 is 2.04 bits per heavy atom. The van der Waals surface area contributed by atoms with Crippen molar-refractivity contribution in [3.05, 3.63) is 65.9 Å². The molecule has 2 aromatic carbocycles. The van der Waals surface area contributed by atoms with E-state index in [1.165, 1.54) is 0 Å². The third-order valence-corrected chi connectivity index (χ3v) is 3.88. The molecule has 1 amide bonds. The van der Waals surface area contributed by atoms with Crippen LogP contribution in [-0.4, -0.2) is 33.5 Å². The lowest BCUT2D eigenvalue weighted by Crippen LogP contribution is -2.19. The largest absolute Gasteiger partial charge is 0.507 e. The molecule has 7 nitrogen and oxygen atoms in total. The summed E-state index contributed by atoms with van der Waals surface area (Å²) in [4.78, 5) is 12.3. The van der Waals surface area contributed by atoms with Gasteiger partial charge in [0.15, 0.2) is 0 Å². The number of rotatable bonds is 6. The number of benzene rings is 2. The Morgan fingerprint density at radius 1 is 1.22 bits per heavy atom. The Kier molecular flexibility index (Phi) is 5.51. The number of para-hydroxylation sites is 1. The summed E-state index contributed by atoms with van der Waals surface area (Å²) in [6, 6.07) is 15.9. The van der Waals surface area contributed by atoms with E-state index in [1.54, 1.807) is 37.3 Å². The van der Waals surface area contributed by atoms with Gasteiger partial charge in [0.25, 0.3) is 5.91 Å². The van der Waals surface area contributed by atoms with Crippen molar-refractivity contribution in [2.75, 3.05) is 6.61 Å². The van der Waals surface area contributed by atoms with Gasteiger partial charge in [0.05, 0.1) is 18.0 Å². The molecule has 1 aromatic heterocycles. The fourth-order valence-corrected chi connectivity index (χ4v) is 2.53. The summed E-state index contributed by atoms with van der Waals surface area (Å²) >= 11 is 0. The van der Waals surface area contributed by atoms with Gasteiger partial charge in [-0.3, -0.25) is 9.89 Å². The average molecular weight is 364 g/mol. The first-order valence-corrected chi connectivity index (χ1v) is 8.50. The highest BCUT2D eigenvalue weighted by Gasteiger charge is 2.12. The summed E-state index contributed by atoms with van der Waals surface area (Å²) in [7, 11) is 0. The van der Waals surface area contributed by atoms with Gasteiger partial charge in [0.2, 0.25) is 0 Å². The predicted molar refractivity (Wildman–Crippen MR) is 103 cm³/mol. The van der Waals surface area contributed by atoms with Crippen LogP contribution in [0.4, 0.5) is 0 Å². The van der Waals surface area contributed by atoms with Gasteiger partial charge < -0.3 is 9.84 Å². The molecule has 0 spiro atoms. The lowest BCUT2D eigenvalue weighted by molar-refractivity contribution is 0.0950. The number of aromatic hydroxyl groups is 1. The number of hydrogen-bond acceptors (Lipinski definition) is 5. The summed E-state index contributed by atoms with van der Waals surface area (Å²) in [5.74, 6) is 0.419. The number of phenolic OH excluding ortho intramolecular Hbond substituents is 1. The molecular formula is C20H20N4O3. The normalized spacial score (nSPS) is 11.3. The minimum absolute atomic E-state index is 0.103. The van der Waals surface area contributed by atoms with Crippen molar-refractivity contribution < 1.29 is 14.6 Å². The van der Waals surface area contributed by atoms with E-state index >= 15 is 0 Å². The lowest BCUT2D eigenvalue weighted by Gasteiger charge is -2.04. The zero-order valence-corrected chi connectivity index (χ0v) is 15.1. The Hall–Kier alpha value is -3.61. The highest BCUT2D eigenvalue weighted by molar-refractivity contribution is 6.02. The fraction of sp³-hybridized carbons (Fsp3) is 0.150. The summed E-state index contributed by atoms with van der Waals surface area (Å²) in [5.41, 5.74) is 5.25. The molecule has 3 N–H and O–H groups in total. The van der Waals surface area contributed by atoms with Crippen LogP contribution in [0.25, 0.3) is 11.3 Å². The summed E-state index contributed by atoms with van der Waals surface area (Å²) < 4.78 is 5.48. The van der Waals surface area contributed by atoms with Crippen LogP contribution < -0.4 is 10.2 Å². The van der Waals surface area contributed by atoms with Crippen LogP contribution in [0.15, 0.2) is 59.7 Å². The molecule has 3 aromatic rings. The molecule has 0 fully saturated rings. The van der Waals surface area contributed by atoms with Crippen molar-refractivity contribution in [1.82, 2.24) is 15.6 Å². The van der Waals surface area contributed by atoms with Gasteiger partial charge in [-0.15, -0.1) is 0 Å². The van der Waals surface area contributed by atoms with Gasteiger partial charge in [-0.1, -0.05) is 24.3 Å². The Balaban J connectivity index is 1.73. The summed E-state index contributed by atoms with van der Waals surface area (Å²) in [6.45, 7) is 4.19. The number of amides is 1. The molecule has 0 radical (unpaired) electrons. The Labute approximate surface area is 156 Å². The van der Waals surface area contributed by atoms with E-state index in [4.69, 9.17) is 4.74 Å². The van der Waals surface area contributed by atoms with Gasteiger partial charge >= 0.3 is 0 Å². The van der Waals surface area contributed by atoms with Gasteiger partial charge in [0.1, 0.15) is 17.2 Å². The molecule has 0 aliphatic rings. The van der Waals surface area contributed by atoms with E-state index in [0.717, 1.165) is 11.3 Å². The smallest absolute Gasteiger partial charge is 0.289 e. The van der Waals surface area contributed by atoms with Crippen LogP contribution in [-0.2, 0) is 0 Å². The lowest BCUT2D eigenvalue weighted by atomic mass is 10.1. The highest BCUT2D eigenvalue weighted by Crippen LogP contribution is 2.23. The number of hydrogen-bond donors (Lipinski definition) is 3. The average Bonchev–Trinajstić information content (AvgIpc) is 3.17. The maximum absolute atomic E-state index is 12.3. The molecule has 3 rings (SSSR count). The number of aromatic nitrogens is 2. The second kappa shape index (κ2) is 8.18. The first-order chi connectivity index (χ1) is 13.1. The standard InChI is InChI=1S/C20H20N4O3/c1-3-27-15-8-6-7-14(11-15)17-12-18(23-22-17)20(26)24-21-13(2)16-9-4-5-10-19(16)25/h4-12,25H,3H2,1-2H3,(H,22,23)(H,24,26). The first-order valence-electron chi connectivity index (χ1n) is 8.50. The molecule has 0 aliphatic heterocycles. The van der Waals surface area contributed by atoms with E-state index in [1.807, 2.05) is 31.2 Å². The molecule has 27 heavy (non-hydrogen) atoms. The number of nitrogens with one attached hydrogen (secondary N) is 2. The predicted octanol–water partition coefficient (Wildman–Crippen LogP) is 3.34. The van der Waals surface area contributed by atoms with Crippen LogP contribution in [0.5, 0.6) is 11.5 Å². The number of H-pyrrole nitrogens is 1. The Bertz CT molecular complexity index is 979. The molecular weight excluding hydrogens is 344 g/mol. The number of carbonyl (C=O) groups excluding carboxylic acids is 1. The zero-order valence-electron chi connectivity index (χ0n) is 15.1. The van der Waals surface area contributed by atoms with Crippen molar-refractivity contribution in [3.63, 3.8) is 0 Å². The third kappa shape index (κ3) is 4.33. The number of phenols is 1. The second-order valence-electron chi connectivity index (χ2n) is 5.78. The topological polar surface area (TPSA) is 99.6 Å². The third-order valence-electron chi connectivity index (χ3n) is 3.88. The Morgan fingerprint density at radius 3 is 2.81 bits per heavy atom. The maximum Gasteiger partial charge on any atom is 0.289 e. The quantitative estimate of drug-likeness (QED) is 0.461. The fourth-order valence-electron chi connectivity index (χ4n) is 2.53. The van der Waals surface area contributed by atoms with Crippen LogP contribution in [0.1, 0.15) is 29.9 Å². The number of ether oxygens (including phenoxy) is 1. The second-order valence-corrected chi connectivity index (χ2v) is 5.78. The number of hydrazone groups is 1. The minimum atomic E-state index is -0.426. The van der Waals surface area contributed by atoms with Crippen LogP contribution in [0.2, 0.25) is 0 Å². The van der Waals surface area contributed by atoms with Crippen molar-refractivity contribution in [1.29, 1.82) is 0 Å². The van der Waals surface area contributed by atoms with Crippen molar-refractivity contribution >= 4 is 11.6 Å². The van der Waals surface area contributed by atoms with E-state index in [2.05, 4.69) is 20.7 Å². The van der Waals surface area contributed by atoms with E-state index in [9.17, 15) is 9.90 Å². The van der Waals surface area contributed by atoms with Gasteiger partial charge in [-0.2, -0.15) is 10.2 Å². The maximum atomic E-state index is 12.3. The van der Waals surface area contributed by atoms with E-state index in [-0.39, 0.29) is 11.4 Å². The van der Waals surface area contributed by atoms with Crippen LogP contribution >= 0.6 is 0 Å². The van der Waals surface area contributed by atoms with Crippen molar-refractivity contribution in [3.8, 4) is 22.8 Å². The number of nitrogens with zero attached hydrogens (tertiary/aromatic N) is 2. The zero-order chi connectivity index (χ0) is 19.2. The molecule has 0 saturated heterocycles. The van der Waals surface area contributed by atoms with Gasteiger partial charge in [-0.05, 0) is 44.2 Å². The number of carbonyl (C=O) groups is 1. The van der Waals surface area contributed by atoms with E-state index < -0.39 is 5.91 Å². The van der Waals surface area contributed by atoms with Crippen LogP contribution in [0, 0.1) is 0 Å². The van der Waals surface area contributed by atoms with Crippen LogP contribution in [0.3, 0.4) is 0 Å². The molecule has 1 heterocycles. The van der Waals surface area contributed by atoms with E-state index in [0.29, 0.717) is 23.6 Å². The highest BCUT2D eigenvalue weighted by atomic mass is 16.5. The molecule has 0 unspecified atom stereocenters. The summed E-state index contributed by atoms with van der Waals surface area (Å²) in [5, 5.41) is 20.8. The molecule has 0 saturated carbocycles. The van der Waals surface area contributed by atoms with Crippen molar-refractivity contribution in [2.24, 2.45) is 5.10 Å². The minimum Gasteiger partial charge on any atom is -0.507 e. The van der Waals surface area contributed by atoms with Crippen molar-refractivity contribution in [2.45, 2.75) is 13.8 Å². The molecule has 7 heteroatoms. The van der Waals surface area contributed by atoms with Gasteiger partial charge in [0, 0.05) is 11.1 Å². The molecule has 138 valence electrons. The monoisotopic (exact) mass is 364 g/mol. The summed E-state index contributed by atoms with van der Waals surface area (Å²) in [6.07, 6.45) is 0. The molecule has 0 atom stereocenters. The van der Waals surface area contributed by atoms with Gasteiger partial charge in [-0.25, -0.2) is 5.43 Å². The molecule has 0 bridgehead atoms. The first kappa shape index (κ1) is 18.2. The number of aromatic amines is 1. The molecule has 0 aliphatic carbocycles. The SMILES string of the molecule is CCOc1cccc(-c2cc(C(=O)NN=C(C)c3ccccc3O)[nH]n2)c1.